The average molecular weight is 406 g/mol. The van der Waals surface area contributed by atoms with Gasteiger partial charge in [0.1, 0.15) is 5.75 Å². The van der Waals surface area contributed by atoms with E-state index in [1.807, 2.05) is 48.5 Å². The monoisotopic (exact) mass is 405 g/mol. The molecule has 5 heteroatoms. The summed E-state index contributed by atoms with van der Waals surface area (Å²) in [5.41, 5.74) is 1.12. The molecule has 0 spiro atoms. The predicted molar refractivity (Wildman–Crippen MR) is 115 cm³/mol. The fourth-order valence-corrected chi connectivity index (χ4v) is 3.78. The van der Waals surface area contributed by atoms with Gasteiger partial charge < -0.3 is 10.1 Å². The van der Waals surface area contributed by atoms with Crippen molar-refractivity contribution in [1.82, 2.24) is 5.32 Å². The van der Waals surface area contributed by atoms with Gasteiger partial charge in [0.15, 0.2) is 0 Å². The van der Waals surface area contributed by atoms with Crippen molar-refractivity contribution in [3.8, 4) is 5.75 Å². The van der Waals surface area contributed by atoms with Gasteiger partial charge in [-0.05, 0) is 66.5 Å². The number of carbonyl (C=O) groups excluding carboxylic acids is 1. The Bertz CT molecular complexity index is 701. The lowest BCUT2D eigenvalue weighted by Gasteiger charge is -2.21. The van der Waals surface area contributed by atoms with Gasteiger partial charge >= 0.3 is 0 Å². The van der Waals surface area contributed by atoms with Crippen molar-refractivity contribution in [2.75, 3.05) is 12.9 Å². The number of nitrogens with one attached hydrogen (secondary N) is 1. The van der Waals surface area contributed by atoms with Crippen LogP contribution < -0.4 is 10.1 Å². The Morgan fingerprint density at radius 1 is 1.11 bits per heavy atom. The van der Waals surface area contributed by atoms with Crippen LogP contribution in [0.3, 0.4) is 0 Å². The number of rotatable bonds is 10. The Morgan fingerprint density at radius 3 is 2.37 bits per heavy atom. The van der Waals surface area contributed by atoms with E-state index in [1.54, 1.807) is 18.9 Å². The van der Waals surface area contributed by atoms with Crippen LogP contribution >= 0.6 is 23.4 Å². The summed E-state index contributed by atoms with van der Waals surface area (Å²) in [7, 11) is 1.66. The van der Waals surface area contributed by atoms with E-state index in [2.05, 4.69) is 19.2 Å². The van der Waals surface area contributed by atoms with Crippen molar-refractivity contribution < 1.29 is 9.53 Å². The van der Waals surface area contributed by atoms with Crippen molar-refractivity contribution >= 4 is 29.3 Å². The molecule has 0 aliphatic heterocycles. The molecule has 1 amide bonds. The zero-order valence-electron chi connectivity index (χ0n) is 16.2. The molecule has 0 fully saturated rings. The summed E-state index contributed by atoms with van der Waals surface area (Å²) in [6, 6.07) is 15.8. The minimum Gasteiger partial charge on any atom is -0.497 e. The number of methoxy groups -OCH3 is 1. The standard InChI is InChI=1S/C22H28ClNO2S/c1-16(2)15-21(17-6-10-19(26-3)11-7-17)24-22(25)5-4-14-27-20-12-8-18(23)9-13-20/h6-13,16,21H,4-5,14-15H2,1-3H3,(H,24,25)/t21-/m1/s1. The number of carbonyl (C=O) groups is 1. The number of benzene rings is 2. The second-order valence-electron chi connectivity index (χ2n) is 6.93. The molecule has 0 aliphatic rings. The summed E-state index contributed by atoms with van der Waals surface area (Å²) in [6.45, 7) is 4.34. The number of halogens is 1. The lowest BCUT2D eigenvalue weighted by atomic mass is 9.96. The van der Waals surface area contributed by atoms with E-state index in [-0.39, 0.29) is 11.9 Å². The van der Waals surface area contributed by atoms with E-state index in [0.29, 0.717) is 12.3 Å². The van der Waals surface area contributed by atoms with Gasteiger partial charge in [0.2, 0.25) is 5.91 Å². The number of thioether (sulfide) groups is 1. The highest BCUT2D eigenvalue weighted by atomic mass is 35.5. The zero-order chi connectivity index (χ0) is 19.6. The second kappa shape index (κ2) is 11.3. The summed E-state index contributed by atoms with van der Waals surface area (Å²) >= 11 is 7.65. The van der Waals surface area contributed by atoms with Gasteiger partial charge in [0.05, 0.1) is 13.2 Å². The molecule has 3 nitrogen and oxygen atoms in total. The molecule has 1 N–H and O–H groups in total. The van der Waals surface area contributed by atoms with Gasteiger partial charge in [0.25, 0.3) is 0 Å². The highest BCUT2D eigenvalue weighted by Gasteiger charge is 2.16. The van der Waals surface area contributed by atoms with Crippen LogP contribution in [0.2, 0.25) is 5.02 Å². The minimum absolute atomic E-state index is 0.0346. The molecule has 1 atom stereocenters. The lowest BCUT2D eigenvalue weighted by Crippen LogP contribution is -2.29. The molecule has 0 aliphatic carbocycles. The molecular formula is C22H28ClNO2S. The highest BCUT2D eigenvalue weighted by Crippen LogP contribution is 2.24. The van der Waals surface area contributed by atoms with Crippen LogP contribution in [0, 0.1) is 5.92 Å². The van der Waals surface area contributed by atoms with Crippen LogP contribution in [0.5, 0.6) is 5.75 Å². The summed E-state index contributed by atoms with van der Waals surface area (Å²) in [5.74, 6) is 2.34. The molecular weight excluding hydrogens is 378 g/mol. The molecule has 0 saturated heterocycles. The third-order valence-corrected chi connectivity index (χ3v) is 5.54. The van der Waals surface area contributed by atoms with Crippen molar-refractivity contribution in [1.29, 1.82) is 0 Å². The maximum Gasteiger partial charge on any atom is 0.220 e. The lowest BCUT2D eigenvalue weighted by molar-refractivity contribution is -0.121. The maximum absolute atomic E-state index is 12.4. The van der Waals surface area contributed by atoms with Crippen LogP contribution in [0.1, 0.15) is 44.7 Å². The second-order valence-corrected chi connectivity index (χ2v) is 8.53. The smallest absolute Gasteiger partial charge is 0.220 e. The average Bonchev–Trinajstić information content (AvgIpc) is 2.66. The first-order valence-corrected chi connectivity index (χ1v) is 10.7. The molecule has 0 bridgehead atoms. The zero-order valence-corrected chi connectivity index (χ0v) is 17.8. The predicted octanol–water partition coefficient (Wildman–Crippen LogP) is 6.12. The van der Waals surface area contributed by atoms with E-state index in [9.17, 15) is 4.79 Å². The Morgan fingerprint density at radius 2 is 1.78 bits per heavy atom. The molecule has 27 heavy (non-hydrogen) atoms. The van der Waals surface area contributed by atoms with Crippen LogP contribution in [0.25, 0.3) is 0 Å². The maximum atomic E-state index is 12.4. The first-order chi connectivity index (χ1) is 13.0. The third kappa shape index (κ3) is 7.86. The van der Waals surface area contributed by atoms with Crippen LogP contribution in [0.15, 0.2) is 53.4 Å². The summed E-state index contributed by atoms with van der Waals surface area (Å²) in [6.07, 6.45) is 2.29. The number of hydrogen-bond donors (Lipinski definition) is 1. The van der Waals surface area contributed by atoms with Gasteiger partial charge in [-0.15, -0.1) is 11.8 Å². The van der Waals surface area contributed by atoms with Gasteiger partial charge in [-0.3, -0.25) is 4.79 Å². The van der Waals surface area contributed by atoms with E-state index in [0.717, 1.165) is 34.9 Å². The summed E-state index contributed by atoms with van der Waals surface area (Å²) < 4.78 is 5.22. The fraction of sp³-hybridized carbons (Fsp3) is 0.409. The van der Waals surface area contributed by atoms with E-state index < -0.39 is 0 Å². The molecule has 0 unspecified atom stereocenters. The summed E-state index contributed by atoms with van der Waals surface area (Å²) in [5, 5.41) is 3.95. The normalized spacial score (nSPS) is 12.0. The van der Waals surface area contributed by atoms with E-state index in [4.69, 9.17) is 16.3 Å². The largest absolute Gasteiger partial charge is 0.497 e. The van der Waals surface area contributed by atoms with Crippen molar-refractivity contribution in [2.24, 2.45) is 5.92 Å². The van der Waals surface area contributed by atoms with Crippen LogP contribution in [-0.4, -0.2) is 18.8 Å². The minimum atomic E-state index is 0.0346. The Balaban J connectivity index is 1.82. The SMILES string of the molecule is COc1ccc([C@@H](CC(C)C)NC(=O)CCCSc2ccc(Cl)cc2)cc1. The molecule has 2 aromatic rings. The van der Waals surface area contributed by atoms with Crippen molar-refractivity contribution in [2.45, 2.75) is 44.0 Å². The molecule has 0 saturated carbocycles. The van der Waals surface area contributed by atoms with Gasteiger partial charge in [-0.25, -0.2) is 0 Å². The molecule has 0 heterocycles. The molecule has 0 aromatic heterocycles. The van der Waals surface area contributed by atoms with Crippen LogP contribution in [-0.2, 0) is 4.79 Å². The molecule has 0 radical (unpaired) electrons. The topological polar surface area (TPSA) is 38.3 Å². The fourth-order valence-electron chi connectivity index (χ4n) is 2.81. The Labute approximate surface area is 171 Å². The number of hydrogen-bond acceptors (Lipinski definition) is 3. The molecule has 2 aromatic carbocycles. The van der Waals surface area contributed by atoms with Crippen molar-refractivity contribution in [3.63, 3.8) is 0 Å². The van der Waals surface area contributed by atoms with Crippen molar-refractivity contribution in [3.05, 3.63) is 59.1 Å². The quantitative estimate of drug-likeness (QED) is 0.382. The van der Waals surface area contributed by atoms with E-state index >= 15 is 0 Å². The van der Waals surface area contributed by atoms with Gasteiger partial charge in [0, 0.05) is 16.3 Å². The first-order valence-electron chi connectivity index (χ1n) is 9.29. The molecule has 2 rings (SSSR count). The third-order valence-electron chi connectivity index (χ3n) is 4.19. The number of amides is 1. The highest BCUT2D eigenvalue weighted by molar-refractivity contribution is 7.99. The Kier molecular flexibility index (Phi) is 9.02. The van der Waals surface area contributed by atoms with Gasteiger partial charge in [-0.1, -0.05) is 37.6 Å². The number of ether oxygens (including phenoxy) is 1. The van der Waals surface area contributed by atoms with Gasteiger partial charge in [-0.2, -0.15) is 0 Å². The van der Waals surface area contributed by atoms with E-state index in [1.165, 1.54) is 4.90 Å². The van der Waals surface area contributed by atoms with Crippen LogP contribution in [0.4, 0.5) is 0 Å². The molecule has 146 valence electrons. The summed E-state index contributed by atoms with van der Waals surface area (Å²) in [4.78, 5) is 13.6. The first kappa shape index (κ1) is 21.6. The Hall–Kier alpha value is -1.65.